The molecule has 0 N–H and O–H groups in total. The van der Waals surface area contributed by atoms with Gasteiger partial charge in [-0.1, -0.05) is 84.4 Å². The van der Waals surface area contributed by atoms with E-state index in [0.29, 0.717) is 0 Å². The van der Waals surface area contributed by atoms with Gasteiger partial charge >= 0.3 is 6.09 Å². The lowest BCUT2D eigenvalue weighted by Gasteiger charge is -2.35. The van der Waals surface area contributed by atoms with E-state index in [0.717, 1.165) is 31.2 Å². The van der Waals surface area contributed by atoms with Gasteiger partial charge in [0.1, 0.15) is 6.04 Å². The maximum absolute atomic E-state index is 12.4. The molecule has 2 aliphatic rings. The highest BCUT2D eigenvalue weighted by molar-refractivity contribution is 6.68. The van der Waals surface area contributed by atoms with Crippen molar-refractivity contribution >= 4 is 40.9 Å². The second-order valence-corrected chi connectivity index (χ2v) is 8.27. The van der Waals surface area contributed by atoms with Crippen LogP contribution in [0.5, 0.6) is 0 Å². The molecule has 22 heavy (non-hydrogen) atoms. The summed E-state index contributed by atoms with van der Waals surface area (Å²) in [6.07, 6.45) is 4.23. The van der Waals surface area contributed by atoms with Crippen LogP contribution >= 0.6 is 34.8 Å². The normalized spacial score (nSPS) is 27.0. The lowest BCUT2D eigenvalue weighted by molar-refractivity contribution is 0.124. The average molecular weight is 363 g/mol. The number of hydrogen-bond acceptors (Lipinski definition) is 2. The van der Waals surface area contributed by atoms with Crippen molar-refractivity contribution in [2.75, 3.05) is 0 Å². The number of benzene rings is 1. The number of amides is 1. The van der Waals surface area contributed by atoms with Gasteiger partial charge in [-0.3, -0.25) is 4.90 Å². The van der Waals surface area contributed by atoms with Crippen molar-refractivity contribution in [3.63, 3.8) is 0 Å². The Balaban J connectivity index is 1.97. The minimum atomic E-state index is -1.65. The molecule has 0 unspecified atom stereocenters. The number of ether oxygens (including phenoxy) is 1. The fourth-order valence-corrected chi connectivity index (χ4v) is 3.95. The summed E-state index contributed by atoms with van der Waals surface area (Å²) in [4.78, 5) is 14.2. The van der Waals surface area contributed by atoms with E-state index < -0.39 is 9.90 Å². The van der Waals surface area contributed by atoms with Gasteiger partial charge in [-0.2, -0.15) is 0 Å². The highest BCUT2D eigenvalue weighted by Gasteiger charge is 2.53. The fraction of sp³-hybridized carbons (Fsp3) is 0.562. The zero-order valence-corrected chi connectivity index (χ0v) is 14.3. The molecule has 1 amide bonds. The van der Waals surface area contributed by atoms with Gasteiger partial charge in [0.2, 0.25) is 3.79 Å². The second-order valence-electron chi connectivity index (χ2n) is 5.90. The molecule has 1 aromatic rings. The molecule has 1 heterocycles. The van der Waals surface area contributed by atoms with E-state index >= 15 is 0 Å². The van der Waals surface area contributed by atoms with Gasteiger partial charge in [-0.05, 0) is 18.4 Å². The van der Waals surface area contributed by atoms with Crippen LogP contribution in [0.15, 0.2) is 30.3 Å². The highest BCUT2D eigenvalue weighted by atomic mass is 35.6. The van der Waals surface area contributed by atoms with Crippen LogP contribution in [0.3, 0.4) is 0 Å². The molecule has 0 bridgehead atoms. The molecule has 2 fully saturated rings. The topological polar surface area (TPSA) is 29.5 Å². The van der Waals surface area contributed by atoms with Crippen LogP contribution in [0.2, 0.25) is 0 Å². The first kappa shape index (κ1) is 16.2. The molecule has 1 aliphatic heterocycles. The summed E-state index contributed by atoms with van der Waals surface area (Å²) in [6.45, 7) is 0. The number of halogens is 3. The smallest absolute Gasteiger partial charge is 0.411 e. The van der Waals surface area contributed by atoms with Crippen molar-refractivity contribution in [3.05, 3.63) is 35.9 Å². The van der Waals surface area contributed by atoms with Crippen LogP contribution in [0.4, 0.5) is 4.79 Å². The number of hydrogen-bond donors (Lipinski definition) is 0. The third-order valence-electron chi connectivity index (χ3n) is 4.46. The van der Waals surface area contributed by atoms with E-state index in [1.165, 1.54) is 6.42 Å². The van der Waals surface area contributed by atoms with Crippen LogP contribution in [-0.4, -0.2) is 26.9 Å². The van der Waals surface area contributed by atoms with Crippen LogP contribution in [0.1, 0.15) is 43.7 Å². The van der Waals surface area contributed by atoms with Crippen molar-refractivity contribution in [3.8, 4) is 0 Å². The number of carbonyl (C=O) groups is 1. The Labute approximate surface area is 145 Å². The van der Waals surface area contributed by atoms with Gasteiger partial charge in [0.15, 0.2) is 6.10 Å². The Morgan fingerprint density at radius 3 is 2.27 bits per heavy atom. The average Bonchev–Trinajstić information content (AvgIpc) is 2.87. The number of alkyl halides is 3. The predicted molar refractivity (Wildman–Crippen MR) is 88.5 cm³/mol. The summed E-state index contributed by atoms with van der Waals surface area (Å²) in [7, 11) is 0. The van der Waals surface area contributed by atoms with Crippen LogP contribution in [0.25, 0.3) is 0 Å². The van der Waals surface area contributed by atoms with E-state index in [1.54, 1.807) is 4.90 Å². The summed E-state index contributed by atoms with van der Waals surface area (Å²) < 4.78 is 3.80. The van der Waals surface area contributed by atoms with Gasteiger partial charge in [0, 0.05) is 6.04 Å². The molecular formula is C16H18Cl3NO2. The molecule has 0 radical (unpaired) electrons. The Kier molecular flexibility index (Phi) is 4.77. The zero-order valence-electron chi connectivity index (χ0n) is 12.1. The number of cyclic esters (lactones) is 1. The molecule has 1 aliphatic carbocycles. The third-order valence-corrected chi connectivity index (χ3v) is 5.10. The van der Waals surface area contributed by atoms with E-state index in [2.05, 4.69) is 0 Å². The molecule has 120 valence electrons. The summed E-state index contributed by atoms with van der Waals surface area (Å²) in [5, 5.41) is 0. The number of rotatable bonds is 2. The third kappa shape index (κ3) is 3.17. The van der Waals surface area contributed by atoms with Crippen molar-refractivity contribution < 1.29 is 9.53 Å². The van der Waals surface area contributed by atoms with Gasteiger partial charge in [-0.15, -0.1) is 0 Å². The summed E-state index contributed by atoms with van der Waals surface area (Å²) in [6, 6.07) is 9.47. The maximum atomic E-state index is 12.4. The number of carbonyl (C=O) groups excluding carboxylic acids is 1. The standard InChI is InChI=1S/C16H18Cl3NO2/c17-16(18,19)14-13(11-7-3-1-4-8-11)20(15(21)22-14)12-9-5-2-6-10-12/h1,3-4,7-8,12-14H,2,5-6,9-10H2/t13-,14+/m1/s1. The van der Waals surface area contributed by atoms with Crippen molar-refractivity contribution in [1.29, 1.82) is 0 Å². The van der Waals surface area contributed by atoms with Crippen molar-refractivity contribution in [1.82, 2.24) is 4.90 Å². The molecule has 3 rings (SSSR count). The van der Waals surface area contributed by atoms with E-state index in [9.17, 15) is 4.79 Å². The summed E-state index contributed by atoms with van der Waals surface area (Å²) in [5.41, 5.74) is 0.940. The molecule has 0 spiro atoms. The number of nitrogens with zero attached hydrogens (tertiary/aromatic N) is 1. The molecular weight excluding hydrogens is 345 g/mol. The van der Waals surface area contributed by atoms with Gasteiger partial charge in [0.05, 0.1) is 0 Å². The quantitative estimate of drug-likeness (QED) is 0.672. The second kappa shape index (κ2) is 6.46. The Morgan fingerprint density at radius 1 is 1.05 bits per heavy atom. The van der Waals surface area contributed by atoms with E-state index in [4.69, 9.17) is 39.5 Å². The fourth-order valence-electron chi connectivity index (χ4n) is 3.46. The Hall–Kier alpha value is -0.640. The molecule has 1 saturated heterocycles. The minimum Gasteiger partial charge on any atom is -0.439 e. The van der Waals surface area contributed by atoms with E-state index in [-0.39, 0.29) is 18.2 Å². The first-order chi connectivity index (χ1) is 10.5. The Morgan fingerprint density at radius 2 is 1.68 bits per heavy atom. The maximum Gasteiger partial charge on any atom is 0.411 e. The SMILES string of the molecule is O=C1O[C@H](C(Cl)(Cl)Cl)[C@@H](c2ccccc2)N1C1CCCCC1. The monoisotopic (exact) mass is 361 g/mol. The van der Waals surface area contributed by atoms with Gasteiger partial charge in [0.25, 0.3) is 0 Å². The Bertz CT molecular complexity index is 526. The van der Waals surface area contributed by atoms with Crippen LogP contribution in [0, 0.1) is 0 Å². The molecule has 0 aromatic heterocycles. The molecule has 1 aromatic carbocycles. The highest BCUT2D eigenvalue weighted by Crippen LogP contribution is 2.47. The predicted octanol–water partition coefficient (Wildman–Crippen LogP) is 5.25. The molecule has 6 heteroatoms. The van der Waals surface area contributed by atoms with Gasteiger partial charge in [-0.25, -0.2) is 4.79 Å². The van der Waals surface area contributed by atoms with Crippen molar-refractivity contribution in [2.24, 2.45) is 0 Å². The first-order valence-corrected chi connectivity index (χ1v) is 8.72. The molecule has 2 atom stereocenters. The van der Waals surface area contributed by atoms with Gasteiger partial charge < -0.3 is 4.74 Å². The van der Waals surface area contributed by atoms with Crippen LogP contribution in [-0.2, 0) is 4.74 Å². The molecule has 1 saturated carbocycles. The van der Waals surface area contributed by atoms with Crippen LogP contribution < -0.4 is 0 Å². The lowest BCUT2D eigenvalue weighted by atomic mass is 9.91. The first-order valence-electron chi connectivity index (χ1n) is 7.59. The van der Waals surface area contributed by atoms with Crippen molar-refractivity contribution in [2.45, 2.75) is 54.1 Å². The largest absolute Gasteiger partial charge is 0.439 e. The molecule has 3 nitrogen and oxygen atoms in total. The summed E-state index contributed by atoms with van der Waals surface area (Å²) in [5.74, 6) is 0. The lowest BCUT2D eigenvalue weighted by Crippen LogP contribution is -2.41. The van der Waals surface area contributed by atoms with E-state index in [1.807, 2.05) is 30.3 Å². The minimum absolute atomic E-state index is 0.156. The zero-order chi connectivity index (χ0) is 15.7. The summed E-state index contributed by atoms with van der Waals surface area (Å²) >= 11 is 18.2.